The number of piperidine rings is 1. The van der Waals surface area contributed by atoms with Gasteiger partial charge < -0.3 is 25.5 Å². The van der Waals surface area contributed by atoms with Crippen molar-refractivity contribution >= 4 is 17.5 Å². The number of hydrogen-bond acceptors (Lipinski definition) is 6. The van der Waals surface area contributed by atoms with E-state index in [2.05, 4.69) is 10.6 Å². The van der Waals surface area contributed by atoms with Gasteiger partial charge in [0.1, 0.15) is 17.8 Å². The van der Waals surface area contributed by atoms with Crippen molar-refractivity contribution < 1.29 is 19.5 Å². The Morgan fingerprint density at radius 2 is 1.76 bits per heavy atom. The lowest BCUT2D eigenvalue weighted by Crippen LogP contribution is -2.58. The molecule has 162 valence electrons. The first kappa shape index (κ1) is 23.0. The van der Waals surface area contributed by atoms with Gasteiger partial charge in [0.15, 0.2) is 0 Å². The van der Waals surface area contributed by atoms with Crippen molar-refractivity contribution in [3.63, 3.8) is 0 Å². The van der Waals surface area contributed by atoms with Crippen LogP contribution < -0.4 is 20.9 Å². The molecule has 1 saturated heterocycles. The molecule has 8 nitrogen and oxygen atoms in total. The summed E-state index contributed by atoms with van der Waals surface area (Å²) in [6, 6.07) is 6.65. The van der Waals surface area contributed by atoms with Gasteiger partial charge in [0.2, 0.25) is 11.8 Å². The normalized spacial score (nSPS) is 17.4. The Labute approximate surface area is 172 Å². The van der Waals surface area contributed by atoms with E-state index in [1.807, 2.05) is 55.4 Å². The smallest absolute Gasteiger partial charge is 0.245 e. The predicted octanol–water partition coefficient (Wildman–Crippen LogP) is 2.00. The zero-order valence-electron chi connectivity index (χ0n) is 18.0. The van der Waals surface area contributed by atoms with E-state index in [0.29, 0.717) is 13.1 Å². The van der Waals surface area contributed by atoms with Crippen LogP contribution in [-0.2, 0) is 9.59 Å². The van der Waals surface area contributed by atoms with Crippen molar-refractivity contribution in [3.05, 3.63) is 24.3 Å². The van der Waals surface area contributed by atoms with Crippen molar-refractivity contribution in [1.82, 2.24) is 15.7 Å². The number of hydroxylamine groups is 1. The Morgan fingerprint density at radius 1 is 1.17 bits per heavy atom. The molecule has 2 rings (SSSR count). The minimum atomic E-state index is -0.785. The number of ether oxygens (including phenoxy) is 1. The summed E-state index contributed by atoms with van der Waals surface area (Å²) in [4.78, 5) is 27.1. The fourth-order valence-corrected chi connectivity index (χ4v) is 3.32. The number of benzene rings is 1. The quantitative estimate of drug-likeness (QED) is 0.517. The number of rotatable bonds is 7. The highest BCUT2D eigenvalue weighted by Crippen LogP contribution is 2.24. The van der Waals surface area contributed by atoms with E-state index >= 15 is 0 Å². The first-order valence-electron chi connectivity index (χ1n) is 10.0. The Kier molecular flexibility index (Phi) is 7.87. The van der Waals surface area contributed by atoms with Crippen LogP contribution in [0.4, 0.5) is 5.69 Å². The van der Waals surface area contributed by atoms with Gasteiger partial charge in [-0.05, 0) is 49.4 Å². The van der Waals surface area contributed by atoms with Crippen molar-refractivity contribution in [2.75, 3.05) is 25.5 Å². The van der Waals surface area contributed by atoms with Crippen LogP contribution in [0.3, 0.4) is 0 Å². The first-order valence-corrected chi connectivity index (χ1v) is 10.0. The molecule has 1 aromatic carbocycles. The minimum absolute atomic E-state index is 0.0844. The average Bonchev–Trinajstić information content (AvgIpc) is 2.71. The van der Waals surface area contributed by atoms with Gasteiger partial charge in [-0.2, -0.15) is 5.48 Å². The van der Waals surface area contributed by atoms with Crippen LogP contribution in [0.1, 0.15) is 40.5 Å². The molecule has 1 unspecified atom stereocenters. The van der Waals surface area contributed by atoms with Gasteiger partial charge in [0, 0.05) is 24.8 Å². The van der Waals surface area contributed by atoms with E-state index in [4.69, 9.17) is 9.94 Å². The van der Waals surface area contributed by atoms with Crippen molar-refractivity contribution in [2.24, 2.45) is 5.41 Å². The lowest BCUT2D eigenvalue weighted by atomic mass is 9.85. The number of nitrogens with zero attached hydrogens (tertiary/aromatic N) is 1. The topological polar surface area (TPSA) is 103 Å². The Hall–Kier alpha value is -2.32. The molecule has 4 N–H and O–H groups in total. The summed E-state index contributed by atoms with van der Waals surface area (Å²) < 4.78 is 5.18. The standard InChI is InChI=1S/C21H34N4O4/c1-14(24-28)19(26)23-18(21(2,3)4)20(27)25-12-10-16(11-13-25)22-15-6-8-17(29-5)9-7-15/h6-9,14,16,18,22,24,28H,10-13H2,1-5H3,(H,23,26)/t14?,18-/m1/s1. The molecule has 0 saturated carbocycles. The summed E-state index contributed by atoms with van der Waals surface area (Å²) in [5.41, 5.74) is 2.51. The Balaban J connectivity index is 1.94. The molecule has 0 radical (unpaired) electrons. The van der Waals surface area contributed by atoms with Crippen LogP contribution >= 0.6 is 0 Å². The monoisotopic (exact) mass is 406 g/mol. The molecule has 2 atom stereocenters. The maximum absolute atomic E-state index is 13.1. The maximum Gasteiger partial charge on any atom is 0.245 e. The SMILES string of the molecule is COc1ccc(NC2CCN(C(=O)[C@@H](NC(=O)C(C)NO)C(C)(C)C)CC2)cc1. The predicted molar refractivity (Wildman–Crippen MR) is 112 cm³/mol. The van der Waals surface area contributed by atoms with E-state index in [1.54, 1.807) is 7.11 Å². The number of nitrogens with one attached hydrogen (secondary N) is 3. The highest BCUT2D eigenvalue weighted by Gasteiger charge is 2.37. The highest BCUT2D eigenvalue weighted by atomic mass is 16.5. The van der Waals surface area contributed by atoms with Gasteiger partial charge >= 0.3 is 0 Å². The van der Waals surface area contributed by atoms with Gasteiger partial charge in [0.05, 0.1) is 7.11 Å². The molecular formula is C21H34N4O4. The second-order valence-electron chi connectivity index (χ2n) is 8.63. The van der Waals surface area contributed by atoms with Gasteiger partial charge in [0.25, 0.3) is 0 Å². The summed E-state index contributed by atoms with van der Waals surface area (Å²) in [5, 5.41) is 15.3. The molecule has 0 aliphatic carbocycles. The van der Waals surface area contributed by atoms with E-state index in [9.17, 15) is 9.59 Å². The van der Waals surface area contributed by atoms with Crippen LogP contribution in [-0.4, -0.2) is 60.2 Å². The summed E-state index contributed by atoms with van der Waals surface area (Å²) in [6.07, 6.45) is 1.66. The Bertz CT molecular complexity index is 679. The number of carbonyl (C=O) groups excluding carboxylic acids is 2. The van der Waals surface area contributed by atoms with Crippen LogP contribution in [0.2, 0.25) is 0 Å². The van der Waals surface area contributed by atoms with Gasteiger partial charge in [-0.15, -0.1) is 0 Å². The molecule has 2 amide bonds. The lowest BCUT2D eigenvalue weighted by Gasteiger charge is -2.39. The summed E-state index contributed by atoms with van der Waals surface area (Å²) in [5.74, 6) is 0.327. The van der Waals surface area contributed by atoms with E-state index in [1.165, 1.54) is 6.92 Å². The second kappa shape index (κ2) is 9.93. The number of methoxy groups -OCH3 is 1. The van der Waals surface area contributed by atoms with Crippen LogP contribution in [0, 0.1) is 5.41 Å². The molecule has 1 aromatic rings. The molecular weight excluding hydrogens is 372 g/mol. The van der Waals surface area contributed by atoms with Gasteiger partial charge in [-0.1, -0.05) is 20.8 Å². The third-order valence-corrected chi connectivity index (χ3v) is 5.25. The molecule has 0 aromatic heterocycles. The minimum Gasteiger partial charge on any atom is -0.497 e. The number of likely N-dealkylation sites (tertiary alicyclic amines) is 1. The molecule has 1 fully saturated rings. The molecule has 1 heterocycles. The maximum atomic E-state index is 13.1. The zero-order chi connectivity index (χ0) is 21.6. The molecule has 0 bridgehead atoms. The molecule has 8 heteroatoms. The number of anilines is 1. The van der Waals surface area contributed by atoms with Gasteiger partial charge in [-0.3, -0.25) is 9.59 Å². The molecule has 0 spiro atoms. The third kappa shape index (κ3) is 6.33. The third-order valence-electron chi connectivity index (χ3n) is 5.25. The molecule has 1 aliphatic heterocycles. The summed E-state index contributed by atoms with van der Waals surface area (Å²) in [6.45, 7) is 8.56. The number of carbonyl (C=O) groups is 2. The second-order valence-corrected chi connectivity index (χ2v) is 8.63. The largest absolute Gasteiger partial charge is 0.497 e. The van der Waals surface area contributed by atoms with Crippen LogP contribution in [0.25, 0.3) is 0 Å². The van der Waals surface area contributed by atoms with Gasteiger partial charge in [-0.25, -0.2) is 0 Å². The van der Waals surface area contributed by atoms with E-state index in [-0.39, 0.29) is 11.9 Å². The number of hydrogen-bond donors (Lipinski definition) is 4. The summed E-state index contributed by atoms with van der Waals surface area (Å²) in [7, 11) is 1.64. The van der Waals surface area contributed by atoms with E-state index in [0.717, 1.165) is 24.3 Å². The van der Waals surface area contributed by atoms with Crippen molar-refractivity contribution in [3.8, 4) is 5.75 Å². The van der Waals surface area contributed by atoms with Crippen LogP contribution in [0.15, 0.2) is 24.3 Å². The molecule has 1 aliphatic rings. The number of amides is 2. The molecule has 29 heavy (non-hydrogen) atoms. The van der Waals surface area contributed by atoms with Crippen molar-refractivity contribution in [1.29, 1.82) is 0 Å². The highest BCUT2D eigenvalue weighted by molar-refractivity contribution is 5.90. The lowest BCUT2D eigenvalue weighted by molar-refractivity contribution is -0.141. The average molecular weight is 407 g/mol. The Morgan fingerprint density at radius 3 is 2.24 bits per heavy atom. The van der Waals surface area contributed by atoms with Crippen molar-refractivity contribution in [2.45, 2.75) is 58.7 Å². The fourth-order valence-electron chi connectivity index (χ4n) is 3.32. The zero-order valence-corrected chi connectivity index (χ0v) is 18.0. The summed E-state index contributed by atoms with van der Waals surface area (Å²) >= 11 is 0. The fraction of sp³-hybridized carbons (Fsp3) is 0.619. The first-order chi connectivity index (χ1) is 13.7. The van der Waals surface area contributed by atoms with E-state index < -0.39 is 23.4 Å². The van der Waals surface area contributed by atoms with Crippen LogP contribution in [0.5, 0.6) is 5.75 Å².